The molecule has 1 saturated heterocycles. The van der Waals surface area contributed by atoms with Gasteiger partial charge in [0.25, 0.3) is 11.8 Å². The van der Waals surface area contributed by atoms with Crippen molar-refractivity contribution in [2.45, 2.75) is 47.1 Å². The smallest absolute Gasteiger partial charge is 0.266 e. The lowest BCUT2D eigenvalue weighted by molar-refractivity contribution is -0.112. The molecule has 1 N–H and O–H groups in total. The summed E-state index contributed by atoms with van der Waals surface area (Å²) in [7, 11) is 0. The van der Waals surface area contributed by atoms with Gasteiger partial charge in [0.05, 0.1) is 11.3 Å². The second-order valence-electron chi connectivity index (χ2n) is 8.64. The average molecular weight is 453 g/mol. The number of nitriles is 1. The monoisotopic (exact) mass is 452 g/mol. The molecule has 168 valence electrons. The molecule has 1 aromatic carbocycles. The lowest BCUT2D eigenvalue weighted by Gasteiger charge is -2.18. The van der Waals surface area contributed by atoms with Crippen LogP contribution in [0.25, 0.3) is 6.08 Å². The molecule has 0 atom stereocenters. The Balaban J connectivity index is 1.88. The van der Waals surface area contributed by atoms with Crippen LogP contribution < -0.4 is 5.32 Å². The Morgan fingerprint density at radius 2 is 1.91 bits per heavy atom. The van der Waals surface area contributed by atoms with Gasteiger partial charge in [-0.1, -0.05) is 25.4 Å². The minimum Gasteiger partial charge on any atom is -0.348 e. The van der Waals surface area contributed by atoms with E-state index in [1.54, 1.807) is 29.2 Å². The summed E-state index contributed by atoms with van der Waals surface area (Å²) in [6.07, 6.45) is 3.53. The normalized spacial score (nSPS) is 14.0. The Kier molecular flexibility index (Phi) is 7.42. The SMILES string of the molecule is Cc1cc(/C=C(\C#N)C(=O)Nc2ccc(Cl)cc2C(=O)N2CCCC2)c(C)n1CC(C)C. The molecular weight excluding hydrogens is 424 g/mol. The Hall–Kier alpha value is -3.04. The van der Waals surface area contributed by atoms with E-state index in [0.717, 1.165) is 36.3 Å². The molecule has 1 aromatic heterocycles. The van der Waals surface area contributed by atoms with Gasteiger partial charge in [-0.2, -0.15) is 5.26 Å². The molecule has 6 nitrogen and oxygen atoms in total. The molecule has 2 heterocycles. The highest BCUT2D eigenvalue weighted by Gasteiger charge is 2.23. The Morgan fingerprint density at radius 3 is 2.53 bits per heavy atom. The van der Waals surface area contributed by atoms with E-state index >= 15 is 0 Å². The van der Waals surface area contributed by atoms with Gasteiger partial charge in [-0.3, -0.25) is 9.59 Å². The minimum absolute atomic E-state index is 0.0238. The van der Waals surface area contributed by atoms with Crippen molar-refractivity contribution in [3.63, 3.8) is 0 Å². The maximum atomic E-state index is 12.9. The summed E-state index contributed by atoms with van der Waals surface area (Å²) in [6.45, 7) is 10.5. The van der Waals surface area contributed by atoms with Gasteiger partial charge in [-0.25, -0.2) is 0 Å². The van der Waals surface area contributed by atoms with E-state index in [2.05, 4.69) is 23.7 Å². The third-order valence-corrected chi connectivity index (χ3v) is 5.91. The fourth-order valence-electron chi connectivity index (χ4n) is 4.01. The topological polar surface area (TPSA) is 78.1 Å². The predicted octanol–water partition coefficient (Wildman–Crippen LogP) is 5.20. The molecule has 1 aliphatic heterocycles. The van der Waals surface area contributed by atoms with Crippen molar-refractivity contribution in [3.8, 4) is 6.07 Å². The molecule has 1 fully saturated rings. The largest absolute Gasteiger partial charge is 0.348 e. The number of likely N-dealkylation sites (tertiary alicyclic amines) is 1. The van der Waals surface area contributed by atoms with Crippen molar-refractivity contribution in [1.82, 2.24) is 9.47 Å². The lowest BCUT2D eigenvalue weighted by atomic mass is 10.1. The van der Waals surface area contributed by atoms with Crippen LogP contribution in [0.4, 0.5) is 5.69 Å². The summed E-state index contributed by atoms with van der Waals surface area (Å²) in [5, 5.41) is 12.8. The van der Waals surface area contributed by atoms with Gasteiger partial charge in [0.2, 0.25) is 0 Å². The number of carbonyl (C=O) groups excluding carboxylic acids is 2. The van der Waals surface area contributed by atoms with Gasteiger partial charge in [0, 0.05) is 36.0 Å². The van der Waals surface area contributed by atoms with Crippen LogP contribution in [-0.4, -0.2) is 34.4 Å². The van der Waals surface area contributed by atoms with E-state index < -0.39 is 5.91 Å². The summed E-state index contributed by atoms with van der Waals surface area (Å²) in [5.41, 5.74) is 3.58. The van der Waals surface area contributed by atoms with Crippen molar-refractivity contribution in [2.24, 2.45) is 5.92 Å². The first-order valence-electron chi connectivity index (χ1n) is 10.9. The fourth-order valence-corrected chi connectivity index (χ4v) is 4.18. The molecule has 2 amide bonds. The first kappa shape index (κ1) is 23.6. The molecule has 0 spiro atoms. The molecule has 0 aliphatic carbocycles. The van der Waals surface area contributed by atoms with Gasteiger partial charge in [-0.05, 0) is 68.5 Å². The van der Waals surface area contributed by atoms with Crippen molar-refractivity contribution in [2.75, 3.05) is 18.4 Å². The predicted molar refractivity (Wildman–Crippen MR) is 128 cm³/mol. The van der Waals surface area contributed by atoms with E-state index in [9.17, 15) is 14.9 Å². The molecule has 32 heavy (non-hydrogen) atoms. The number of carbonyl (C=O) groups is 2. The Morgan fingerprint density at radius 1 is 1.22 bits per heavy atom. The second-order valence-corrected chi connectivity index (χ2v) is 9.08. The van der Waals surface area contributed by atoms with E-state index in [4.69, 9.17) is 11.6 Å². The van der Waals surface area contributed by atoms with Crippen LogP contribution in [0.1, 0.15) is 54.0 Å². The summed E-state index contributed by atoms with van der Waals surface area (Å²) in [6, 6.07) is 8.77. The lowest BCUT2D eigenvalue weighted by Crippen LogP contribution is -2.29. The van der Waals surface area contributed by atoms with Crippen LogP contribution in [0.15, 0.2) is 29.8 Å². The van der Waals surface area contributed by atoms with Crippen molar-refractivity contribution >= 4 is 35.2 Å². The third kappa shape index (κ3) is 5.23. The minimum atomic E-state index is -0.557. The number of hydrogen-bond acceptors (Lipinski definition) is 3. The highest BCUT2D eigenvalue weighted by atomic mass is 35.5. The van der Waals surface area contributed by atoms with Gasteiger partial charge in [-0.15, -0.1) is 0 Å². The number of hydrogen-bond donors (Lipinski definition) is 1. The van der Waals surface area contributed by atoms with Gasteiger partial charge >= 0.3 is 0 Å². The molecular formula is C25H29ClN4O2. The first-order valence-corrected chi connectivity index (χ1v) is 11.3. The van der Waals surface area contributed by atoms with Crippen LogP contribution in [0.2, 0.25) is 5.02 Å². The summed E-state index contributed by atoms with van der Waals surface area (Å²) in [5.74, 6) is -0.245. The highest BCUT2D eigenvalue weighted by molar-refractivity contribution is 6.31. The van der Waals surface area contributed by atoms with Gasteiger partial charge in [0.1, 0.15) is 11.6 Å². The first-order chi connectivity index (χ1) is 15.2. The van der Waals surface area contributed by atoms with Gasteiger partial charge < -0.3 is 14.8 Å². The highest BCUT2D eigenvalue weighted by Crippen LogP contribution is 2.25. The summed E-state index contributed by atoms with van der Waals surface area (Å²) >= 11 is 6.12. The molecule has 2 aromatic rings. The molecule has 7 heteroatoms. The summed E-state index contributed by atoms with van der Waals surface area (Å²) in [4.78, 5) is 27.6. The zero-order valence-corrected chi connectivity index (χ0v) is 19.8. The van der Waals surface area contributed by atoms with Crippen LogP contribution in [-0.2, 0) is 11.3 Å². The number of amides is 2. The second kappa shape index (κ2) is 10.1. The van der Waals surface area contributed by atoms with Crippen LogP contribution >= 0.6 is 11.6 Å². The fraction of sp³-hybridized carbons (Fsp3) is 0.400. The molecule has 0 saturated carbocycles. The number of nitrogens with one attached hydrogen (secondary N) is 1. The Labute approximate surface area is 194 Å². The van der Waals surface area contributed by atoms with Crippen molar-refractivity contribution < 1.29 is 9.59 Å². The van der Waals surface area contributed by atoms with Gasteiger partial charge in [0.15, 0.2) is 0 Å². The number of aryl methyl sites for hydroxylation is 1. The van der Waals surface area contributed by atoms with E-state index in [-0.39, 0.29) is 11.5 Å². The number of aromatic nitrogens is 1. The maximum Gasteiger partial charge on any atom is 0.266 e. The number of anilines is 1. The van der Waals surface area contributed by atoms with Crippen LogP contribution in [0, 0.1) is 31.1 Å². The van der Waals surface area contributed by atoms with E-state index in [0.29, 0.717) is 35.3 Å². The quantitative estimate of drug-likeness (QED) is 0.483. The summed E-state index contributed by atoms with van der Waals surface area (Å²) < 4.78 is 2.19. The zero-order valence-electron chi connectivity index (χ0n) is 19.0. The van der Waals surface area contributed by atoms with Crippen LogP contribution in [0.3, 0.4) is 0 Å². The zero-order chi connectivity index (χ0) is 23.4. The number of rotatable bonds is 6. The van der Waals surface area contributed by atoms with Crippen LogP contribution in [0.5, 0.6) is 0 Å². The maximum absolute atomic E-state index is 12.9. The molecule has 0 radical (unpaired) electrons. The molecule has 1 aliphatic rings. The number of halogens is 1. The number of benzene rings is 1. The molecule has 0 bridgehead atoms. The van der Waals surface area contributed by atoms with E-state index in [1.807, 2.05) is 26.0 Å². The van der Waals surface area contributed by atoms with Crippen molar-refractivity contribution in [1.29, 1.82) is 5.26 Å². The van der Waals surface area contributed by atoms with E-state index in [1.165, 1.54) is 0 Å². The molecule has 3 rings (SSSR count). The third-order valence-electron chi connectivity index (χ3n) is 5.68. The molecule has 0 unspecified atom stereocenters. The van der Waals surface area contributed by atoms with Crippen molar-refractivity contribution in [3.05, 3.63) is 57.4 Å². The number of nitrogens with zero attached hydrogens (tertiary/aromatic N) is 3. The Bertz CT molecular complexity index is 1100. The standard InChI is InChI=1S/C25H29ClN4O2/c1-16(2)15-30-17(3)11-19(18(30)4)12-20(14-27)24(31)28-23-8-7-21(26)13-22(23)25(32)29-9-5-6-10-29/h7-8,11-13,16H,5-6,9-10,15H2,1-4H3,(H,28,31)/b20-12+. The average Bonchev–Trinajstić information content (AvgIpc) is 3.37.